The van der Waals surface area contributed by atoms with Crippen molar-refractivity contribution < 1.29 is 9.18 Å². The number of benzene rings is 1. The molecule has 0 radical (unpaired) electrons. The monoisotopic (exact) mass is 339 g/mol. The van der Waals surface area contributed by atoms with E-state index in [1.54, 1.807) is 26.0 Å². The van der Waals surface area contributed by atoms with Gasteiger partial charge in [0.25, 0.3) is 0 Å². The maximum absolute atomic E-state index is 12.9. The fourth-order valence-corrected chi connectivity index (χ4v) is 1.70. The van der Waals surface area contributed by atoms with Crippen molar-refractivity contribution in [1.82, 2.24) is 10.2 Å². The van der Waals surface area contributed by atoms with Crippen LogP contribution in [0.5, 0.6) is 0 Å². The Labute approximate surface area is 138 Å². The second-order valence-electron chi connectivity index (χ2n) is 5.46. The van der Waals surface area contributed by atoms with E-state index < -0.39 is 5.54 Å². The van der Waals surface area contributed by atoms with Gasteiger partial charge in [-0.2, -0.15) is 0 Å². The number of amides is 1. The van der Waals surface area contributed by atoms with Gasteiger partial charge >= 0.3 is 0 Å². The van der Waals surface area contributed by atoms with Gasteiger partial charge in [0.2, 0.25) is 5.91 Å². The molecule has 0 fully saturated rings. The number of rotatable bonds is 5. The summed E-state index contributed by atoms with van der Waals surface area (Å²) in [5, 5.41) is 2.82. The Morgan fingerprint density at radius 1 is 1.29 bits per heavy atom. The highest BCUT2D eigenvalue weighted by molar-refractivity contribution is 5.86. The van der Waals surface area contributed by atoms with E-state index in [2.05, 4.69) is 5.32 Å². The largest absolute Gasteiger partial charge is 0.353 e. The number of hydrogen-bond donors (Lipinski definition) is 2. The summed E-state index contributed by atoms with van der Waals surface area (Å²) >= 11 is 0. The van der Waals surface area contributed by atoms with E-state index in [0.717, 1.165) is 5.56 Å². The van der Waals surface area contributed by atoms with Crippen molar-refractivity contribution in [2.75, 3.05) is 20.6 Å². The third kappa shape index (κ3) is 7.09. The molecule has 1 aromatic rings. The molecular formula is C14H24Cl2FN3O. The predicted molar refractivity (Wildman–Crippen MR) is 88.6 cm³/mol. The molecule has 0 heterocycles. The van der Waals surface area contributed by atoms with Crippen LogP contribution in [0.4, 0.5) is 4.39 Å². The maximum atomic E-state index is 12.9. The lowest BCUT2D eigenvalue weighted by Gasteiger charge is -2.27. The molecule has 0 aliphatic carbocycles. The normalized spacial score (nSPS) is 12.1. The summed E-state index contributed by atoms with van der Waals surface area (Å²) in [6, 6.07) is 6.26. The minimum Gasteiger partial charge on any atom is -0.353 e. The molecule has 7 heteroatoms. The van der Waals surface area contributed by atoms with Gasteiger partial charge in [0, 0.05) is 6.54 Å². The fourth-order valence-electron chi connectivity index (χ4n) is 1.70. The van der Waals surface area contributed by atoms with Crippen molar-refractivity contribution in [3.8, 4) is 0 Å². The van der Waals surface area contributed by atoms with Crippen LogP contribution in [-0.4, -0.2) is 37.0 Å². The molecule has 1 amide bonds. The van der Waals surface area contributed by atoms with Crippen LogP contribution in [0, 0.1) is 5.82 Å². The highest BCUT2D eigenvalue weighted by atomic mass is 35.5. The zero-order chi connectivity index (χ0) is 14.6. The number of nitrogens with one attached hydrogen (secondary N) is 1. The highest BCUT2D eigenvalue weighted by Gasteiger charge is 2.23. The second kappa shape index (κ2) is 9.20. The maximum Gasteiger partial charge on any atom is 0.239 e. The van der Waals surface area contributed by atoms with Gasteiger partial charge < -0.3 is 16.0 Å². The lowest BCUT2D eigenvalue weighted by molar-refractivity contribution is -0.125. The van der Waals surface area contributed by atoms with Gasteiger partial charge in [-0.1, -0.05) is 12.1 Å². The first-order valence-corrected chi connectivity index (χ1v) is 6.21. The van der Waals surface area contributed by atoms with Gasteiger partial charge in [-0.05, 0) is 45.6 Å². The van der Waals surface area contributed by atoms with Crippen LogP contribution >= 0.6 is 24.8 Å². The molecule has 0 saturated carbocycles. The van der Waals surface area contributed by atoms with Gasteiger partial charge in [-0.15, -0.1) is 24.8 Å². The van der Waals surface area contributed by atoms with Crippen LogP contribution in [0.1, 0.15) is 25.5 Å². The van der Waals surface area contributed by atoms with Crippen molar-refractivity contribution in [2.24, 2.45) is 5.73 Å². The molecule has 0 aliphatic rings. The van der Waals surface area contributed by atoms with Crippen molar-refractivity contribution in [2.45, 2.75) is 25.4 Å². The third-order valence-electron chi connectivity index (χ3n) is 2.92. The third-order valence-corrected chi connectivity index (χ3v) is 2.92. The van der Waals surface area contributed by atoms with Gasteiger partial charge in [0.05, 0.1) is 11.6 Å². The fraction of sp³-hybridized carbons (Fsp3) is 0.500. The average Bonchev–Trinajstić information content (AvgIpc) is 2.29. The number of hydrogen-bond acceptors (Lipinski definition) is 3. The van der Waals surface area contributed by atoms with Crippen LogP contribution in [0.25, 0.3) is 0 Å². The molecule has 1 unspecified atom stereocenters. The van der Waals surface area contributed by atoms with Crippen molar-refractivity contribution >= 4 is 30.7 Å². The Morgan fingerprint density at radius 2 is 1.76 bits per heavy atom. The van der Waals surface area contributed by atoms with Crippen LogP contribution < -0.4 is 11.1 Å². The molecule has 0 aromatic heterocycles. The first-order chi connectivity index (χ1) is 8.71. The highest BCUT2D eigenvalue weighted by Crippen LogP contribution is 2.17. The van der Waals surface area contributed by atoms with Crippen molar-refractivity contribution in [3.63, 3.8) is 0 Å². The molecule has 0 aliphatic heterocycles. The number of halogens is 3. The summed E-state index contributed by atoms with van der Waals surface area (Å²) in [7, 11) is 3.82. The van der Waals surface area contributed by atoms with Gasteiger partial charge in [-0.25, -0.2) is 4.39 Å². The number of nitrogens with two attached hydrogens (primary N) is 1. The smallest absolute Gasteiger partial charge is 0.239 e. The van der Waals surface area contributed by atoms with Crippen LogP contribution in [-0.2, 0) is 4.79 Å². The molecule has 1 atom stereocenters. The minimum atomic E-state index is -0.903. The molecular weight excluding hydrogens is 316 g/mol. The zero-order valence-corrected chi connectivity index (χ0v) is 14.4. The number of nitrogens with zero attached hydrogens (tertiary/aromatic N) is 1. The number of carbonyl (C=O) groups excluding carboxylic acids is 1. The quantitative estimate of drug-likeness (QED) is 0.863. The van der Waals surface area contributed by atoms with Crippen molar-refractivity contribution in [1.29, 1.82) is 0 Å². The minimum absolute atomic E-state index is 0. The van der Waals surface area contributed by atoms with Crippen LogP contribution in [0.15, 0.2) is 24.3 Å². The first-order valence-electron chi connectivity index (χ1n) is 6.21. The number of likely N-dealkylation sites (N-methyl/N-ethyl adjacent to an activating group) is 1. The van der Waals surface area contributed by atoms with Crippen LogP contribution in [0.3, 0.4) is 0 Å². The summed E-state index contributed by atoms with van der Waals surface area (Å²) < 4.78 is 12.9. The summed E-state index contributed by atoms with van der Waals surface area (Å²) in [4.78, 5) is 13.7. The Morgan fingerprint density at radius 3 is 2.14 bits per heavy atom. The van der Waals surface area contributed by atoms with E-state index in [1.807, 2.05) is 19.0 Å². The Balaban J connectivity index is 0. The Kier molecular flexibility index (Phi) is 9.82. The van der Waals surface area contributed by atoms with E-state index in [4.69, 9.17) is 5.73 Å². The molecule has 0 bridgehead atoms. The molecule has 3 N–H and O–H groups in total. The van der Waals surface area contributed by atoms with Gasteiger partial charge in [-0.3, -0.25) is 4.79 Å². The topological polar surface area (TPSA) is 58.4 Å². The lowest BCUT2D eigenvalue weighted by atomic mass is 10.0. The summed E-state index contributed by atoms with van der Waals surface area (Å²) in [6.45, 7) is 3.74. The molecule has 1 aromatic carbocycles. The zero-order valence-electron chi connectivity index (χ0n) is 12.7. The van der Waals surface area contributed by atoms with Gasteiger partial charge in [0.1, 0.15) is 5.82 Å². The predicted octanol–water partition coefficient (Wildman–Crippen LogP) is 2.13. The van der Waals surface area contributed by atoms with E-state index in [9.17, 15) is 9.18 Å². The Bertz CT molecular complexity index is 433. The Hall–Kier alpha value is -0.880. The average molecular weight is 340 g/mol. The standard InChI is InChI=1S/C14H22FN3O.2ClH/c1-14(2,16)13(19)17-9-12(18(3)4)10-5-7-11(15)8-6-10;;/h5-8,12H,9,16H2,1-4H3,(H,17,19);2*1H. The van der Waals surface area contributed by atoms with Crippen LogP contribution in [0.2, 0.25) is 0 Å². The molecule has 4 nitrogen and oxygen atoms in total. The van der Waals surface area contributed by atoms with Crippen molar-refractivity contribution in [3.05, 3.63) is 35.6 Å². The SMILES string of the molecule is CN(C)C(CNC(=O)C(C)(C)N)c1ccc(F)cc1.Cl.Cl. The molecule has 1 rings (SSSR count). The molecule has 0 spiro atoms. The summed E-state index contributed by atoms with van der Waals surface area (Å²) in [6.07, 6.45) is 0. The lowest BCUT2D eigenvalue weighted by Crippen LogP contribution is -2.50. The number of carbonyl (C=O) groups is 1. The first kappa shape index (κ1) is 22.4. The molecule has 0 saturated heterocycles. The van der Waals surface area contributed by atoms with Gasteiger partial charge in [0.15, 0.2) is 0 Å². The summed E-state index contributed by atoms with van der Waals surface area (Å²) in [5.74, 6) is -0.477. The summed E-state index contributed by atoms with van der Waals surface area (Å²) in [5.41, 5.74) is 5.77. The van der Waals surface area contributed by atoms with E-state index in [0.29, 0.717) is 6.54 Å². The second-order valence-corrected chi connectivity index (χ2v) is 5.46. The molecule has 122 valence electrons. The van der Waals surface area contributed by atoms with E-state index in [1.165, 1.54) is 12.1 Å². The van der Waals surface area contributed by atoms with E-state index in [-0.39, 0.29) is 42.6 Å². The molecule has 21 heavy (non-hydrogen) atoms. The van der Waals surface area contributed by atoms with E-state index >= 15 is 0 Å².